The average molecular weight is 287 g/mol. The number of amides is 2. The standard InChI is InChI=1S/C16H18FN3O/c17-15-6-2-1-5-14(15)8-11-20-16(21)19-10-7-13-4-3-9-18-12-13/h1-6,9,12H,7-8,10-11H2,(H2,19,20,21). The first-order chi connectivity index (χ1) is 10.3. The van der Waals surface area contributed by atoms with Gasteiger partial charge in [0.15, 0.2) is 0 Å². The van der Waals surface area contributed by atoms with E-state index >= 15 is 0 Å². The summed E-state index contributed by atoms with van der Waals surface area (Å²) < 4.78 is 13.4. The first kappa shape index (κ1) is 15.0. The molecule has 0 fully saturated rings. The Bertz CT molecular complexity index is 575. The van der Waals surface area contributed by atoms with Gasteiger partial charge in [-0.1, -0.05) is 24.3 Å². The fourth-order valence-electron chi connectivity index (χ4n) is 1.94. The number of benzene rings is 1. The van der Waals surface area contributed by atoms with Crippen LogP contribution in [0.25, 0.3) is 0 Å². The van der Waals surface area contributed by atoms with Crippen molar-refractivity contribution in [3.8, 4) is 0 Å². The first-order valence-electron chi connectivity index (χ1n) is 6.90. The van der Waals surface area contributed by atoms with E-state index in [-0.39, 0.29) is 11.8 Å². The van der Waals surface area contributed by atoms with Crippen LogP contribution in [0.1, 0.15) is 11.1 Å². The summed E-state index contributed by atoms with van der Waals surface area (Å²) in [4.78, 5) is 15.6. The van der Waals surface area contributed by atoms with Gasteiger partial charge in [0.2, 0.25) is 0 Å². The van der Waals surface area contributed by atoms with E-state index in [1.165, 1.54) is 6.07 Å². The van der Waals surface area contributed by atoms with Crippen molar-refractivity contribution >= 4 is 6.03 Å². The number of carbonyl (C=O) groups excluding carboxylic acids is 1. The molecule has 2 N–H and O–H groups in total. The number of urea groups is 1. The molecular formula is C16H18FN3O. The number of carbonyl (C=O) groups is 1. The highest BCUT2D eigenvalue weighted by atomic mass is 19.1. The largest absolute Gasteiger partial charge is 0.338 e. The van der Waals surface area contributed by atoms with Crippen LogP contribution in [-0.2, 0) is 12.8 Å². The molecule has 1 aromatic carbocycles. The van der Waals surface area contributed by atoms with E-state index in [1.807, 2.05) is 12.1 Å². The summed E-state index contributed by atoms with van der Waals surface area (Å²) in [7, 11) is 0. The molecule has 2 rings (SSSR count). The van der Waals surface area contributed by atoms with Gasteiger partial charge < -0.3 is 10.6 Å². The van der Waals surface area contributed by atoms with Crippen molar-refractivity contribution in [1.29, 1.82) is 0 Å². The van der Waals surface area contributed by atoms with Crippen molar-refractivity contribution in [2.45, 2.75) is 12.8 Å². The zero-order valence-electron chi connectivity index (χ0n) is 11.7. The van der Waals surface area contributed by atoms with E-state index in [4.69, 9.17) is 0 Å². The zero-order valence-corrected chi connectivity index (χ0v) is 11.7. The van der Waals surface area contributed by atoms with Crippen molar-refractivity contribution in [2.75, 3.05) is 13.1 Å². The quantitative estimate of drug-likeness (QED) is 0.856. The maximum absolute atomic E-state index is 13.4. The number of rotatable bonds is 6. The van der Waals surface area contributed by atoms with Gasteiger partial charge in [-0.15, -0.1) is 0 Å². The van der Waals surface area contributed by atoms with Crippen LogP contribution in [0.15, 0.2) is 48.8 Å². The van der Waals surface area contributed by atoms with Crippen molar-refractivity contribution in [3.63, 3.8) is 0 Å². The fourth-order valence-corrected chi connectivity index (χ4v) is 1.94. The lowest BCUT2D eigenvalue weighted by molar-refractivity contribution is 0.241. The molecule has 0 unspecified atom stereocenters. The van der Waals surface area contributed by atoms with Crippen molar-refractivity contribution in [3.05, 3.63) is 65.7 Å². The molecule has 0 atom stereocenters. The summed E-state index contributed by atoms with van der Waals surface area (Å²) in [5.74, 6) is -0.240. The Labute approximate surface area is 123 Å². The van der Waals surface area contributed by atoms with Gasteiger partial charge in [0.25, 0.3) is 0 Å². The molecule has 21 heavy (non-hydrogen) atoms. The van der Waals surface area contributed by atoms with E-state index in [0.717, 1.165) is 12.0 Å². The molecule has 2 amide bonds. The Hall–Kier alpha value is -2.43. The maximum Gasteiger partial charge on any atom is 0.314 e. The predicted molar refractivity (Wildman–Crippen MR) is 79.4 cm³/mol. The third kappa shape index (κ3) is 5.22. The molecule has 0 spiro atoms. The summed E-state index contributed by atoms with van der Waals surface area (Å²) in [5.41, 5.74) is 1.68. The maximum atomic E-state index is 13.4. The van der Waals surface area contributed by atoms with Crippen LogP contribution in [0.4, 0.5) is 9.18 Å². The van der Waals surface area contributed by atoms with E-state index in [9.17, 15) is 9.18 Å². The van der Waals surface area contributed by atoms with Crippen molar-refractivity contribution in [1.82, 2.24) is 15.6 Å². The minimum absolute atomic E-state index is 0.240. The molecule has 0 aliphatic heterocycles. The van der Waals surface area contributed by atoms with Crippen LogP contribution in [0.5, 0.6) is 0 Å². The molecule has 2 aromatic rings. The number of nitrogens with zero attached hydrogens (tertiary/aromatic N) is 1. The molecule has 4 nitrogen and oxygen atoms in total. The summed E-state index contributed by atoms with van der Waals surface area (Å²) in [6, 6.07) is 10.2. The SMILES string of the molecule is O=C(NCCc1cccnc1)NCCc1ccccc1F. The summed E-state index contributed by atoms with van der Waals surface area (Å²) in [5, 5.41) is 5.47. The van der Waals surface area contributed by atoms with Crippen LogP contribution in [0.2, 0.25) is 0 Å². The smallest absolute Gasteiger partial charge is 0.314 e. The molecule has 0 aliphatic carbocycles. The number of aromatic nitrogens is 1. The number of halogens is 1. The first-order valence-corrected chi connectivity index (χ1v) is 6.90. The van der Waals surface area contributed by atoms with Crippen LogP contribution < -0.4 is 10.6 Å². The number of pyridine rings is 1. The van der Waals surface area contributed by atoms with E-state index in [0.29, 0.717) is 25.1 Å². The number of hydrogen-bond acceptors (Lipinski definition) is 2. The molecule has 0 aliphatic rings. The highest BCUT2D eigenvalue weighted by Crippen LogP contribution is 2.05. The molecule has 0 bridgehead atoms. The lowest BCUT2D eigenvalue weighted by Gasteiger charge is -2.08. The summed E-state index contributed by atoms with van der Waals surface area (Å²) >= 11 is 0. The molecule has 5 heteroatoms. The Morgan fingerprint density at radius 1 is 1.05 bits per heavy atom. The van der Waals surface area contributed by atoms with E-state index in [2.05, 4.69) is 15.6 Å². The minimum atomic E-state index is -0.241. The third-order valence-electron chi connectivity index (χ3n) is 3.06. The van der Waals surface area contributed by atoms with Gasteiger partial charge in [-0.25, -0.2) is 9.18 Å². The summed E-state index contributed by atoms with van der Waals surface area (Å²) in [6.45, 7) is 0.941. The van der Waals surface area contributed by atoms with Crippen LogP contribution in [0, 0.1) is 5.82 Å². The second-order valence-corrected chi connectivity index (χ2v) is 4.64. The van der Waals surface area contributed by atoms with Gasteiger partial charge in [-0.3, -0.25) is 4.98 Å². The molecule has 1 heterocycles. The van der Waals surface area contributed by atoms with Gasteiger partial charge in [0.1, 0.15) is 5.82 Å². The van der Waals surface area contributed by atoms with E-state index < -0.39 is 0 Å². The Morgan fingerprint density at radius 3 is 2.52 bits per heavy atom. The minimum Gasteiger partial charge on any atom is -0.338 e. The van der Waals surface area contributed by atoms with Crippen LogP contribution in [0.3, 0.4) is 0 Å². The molecule has 0 saturated carbocycles. The van der Waals surface area contributed by atoms with Gasteiger partial charge >= 0.3 is 6.03 Å². The predicted octanol–water partition coefficient (Wildman–Crippen LogP) is 2.31. The fraction of sp³-hybridized carbons (Fsp3) is 0.250. The summed E-state index contributed by atoms with van der Waals surface area (Å²) in [6.07, 6.45) is 4.70. The average Bonchev–Trinajstić information content (AvgIpc) is 2.50. The monoisotopic (exact) mass is 287 g/mol. The van der Waals surface area contributed by atoms with E-state index in [1.54, 1.807) is 30.6 Å². The Kier molecular flexibility index (Phi) is 5.70. The van der Waals surface area contributed by atoms with Crippen LogP contribution in [-0.4, -0.2) is 24.1 Å². The van der Waals surface area contributed by atoms with Crippen molar-refractivity contribution < 1.29 is 9.18 Å². The molecule has 0 saturated heterocycles. The van der Waals surface area contributed by atoms with Gasteiger partial charge in [-0.05, 0) is 36.1 Å². The normalized spacial score (nSPS) is 10.1. The molecule has 110 valence electrons. The molecule has 1 aromatic heterocycles. The lowest BCUT2D eigenvalue weighted by Crippen LogP contribution is -2.37. The number of nitrogens with one attached hydrogen (secondary N) is 2. The Morgan fingerprint density at radius 2 is 1.81 bits per heavy atom. The van der Waals surface area contributed by atoms with Gasteiger partial charge in [-0.2, -0.15) is 0 Å². The number of hydrogen-bond donors (Lipinski definition) is 2. The van der Waals surface area contributed by atoms with Crippen molar-refractivity contribution in [2.24, 2.45) is 0 Å². The zero-order chi connectivity index (χ0) is 14.9. The van der Waals surface area contributed by atoms with Gasteiger partial charge in [0.05, 0.1) is 0 Å². The molecule has 0 radical (unpaired) electrons. The Balaban J connectivity index is 1.63. The molecular weight excluding hydrogens is 269 g/mol. The second kappa shape index (κ2) is 7.99. The lowest BCUT2D eigenvalue weighted by atomic mass is 10.1. The van der Waals surface area contributed by atoms with Gasteiger partial charge in [0, 0.05) is 25.5 Å². The van der Waals surface area contributed by atoms with Crippen LogP contribution >= 0.6 is 0 Å². The highest BCUT2D eigenvalue weighted by molar-refractivity contribution is 5.73. The second-order valence-electron chi connectivity index (χ2n) is 4.64. The topological polar surface area (TPSA) is 54.0 Å². The highest BCUT2D eigenvalue weighted by Gasteiger charge is 2.02. The third-order valence-corrected chi connectivity index (χ3v) is 3.06.